The fraction of sp³-hybridized carbons (Fsp3) is 0.294. The number of carbonyl (C=O) groups is 1. The summed E-state index contributed by atoms with van der Waals surface area (Å²) >= 11 is 0. The summed E-state index contributed by atoms with van der Waals surface area (Å²) in [6.07, 6.45) is 1.90. The molecule has 0 atom stereocenters. The number of benzene rings is 1. The number of aromatic nitrogens is 1. The van der Waals surface area contributed by atoms with Crippen molar-refractivity contribution in [2.45, 2.75) is 33.2 Å². The van der Waals surface area contributed by atoms with Gasteiger partial charge in [0.1, 0.15) is 11.3 Å². The van der Waals surface area contributed by atoms with E-state index in [1.54, 1.807) is 6.07 Å². The number of nitrogens with zero attached hydrogens (tertiary/aromatic N) is 1. The second-order valence-corrected chi connectivity index (χ2v) is 5.33. The molecule has 0 fully saturated rings. The Hall–Kier alpha value is -2.56. The first-order valence-electron chi connectivity index (χ1n) is 7.38. The summed E-state index contributed by atoms with van der Waals surface area (Å²) in [5.74, 6) is 1.35. The molecule has 0 aliphatic carbocycles. The zero-order valence-corrected chi connectivity index (χ0v) is 12.7. The molecule has 5 nitrogen and oxygen atoms in total. The number of nitrogens with one attached hydrogen (secondary N) is 1. The third-order valence-corrected chi connectivity index (χ3v) is 3.44. The Kier molecular flexibility index (Phi) is 3.96. The predicted octanol–water partition coefficient (Wildman–Crippen LogP) is 3.61. The molecule has 3 rings (SSSR count). The largest absolute Gasteiger partial charge is 0.461 e. The summed E-state index contributed by atoms with van der Waals surface area (Å²) in [5, 5.41) is 7.73. The molecular weight excluding hydrogens is 280 g/mol. The van der Waals surface area contributed by atoms with E-state index in [0.717, 1.165) is 35.3 Å². The van der Waals surface area contributed by atoms with E-state index in [1.807, 2.05) is 31.2 Å². The molecule has 0 aliphatic heterocycles. The molecule has 0 unspecified atom stereocenters. The van der Waals surface area contributed by atoms with Crippen molar-refractivity contribution in [3.05, 3.63) is 53.1 Å². The minimum Gasteiger partial charge on any atom is -0.461 e. The average Bonchev–Trinajstić information content (AvgIpc) is 3.09. The lowest BCUT2D eigenvalue weighted by molar-refractivity contribution is 0.0947. The lowest BCUT2D eigenvalue weighted by Gasteiger charge is -2.02. The number of carbonyl (C=O) groups excluding carboxylic acids is 1. The number of hydrogen-bond donors (Lipinski definition) is 1. The third-order valence-electron chi connectivity index (χ3n) is 3.44. The molecule has 22 heavy (non-hydrogen) atoms. The Morgan fingerprint density at radius 3 is 2.95 bits per heavy atom. The molecule has 2 aromatic heterocycles. The van der Waals surface area contributed by atoms with Crippen molar-refractivity contribution in [2.24, 2.45) is 0 Å². The van der Waals surface area contributed by atoms with E-state index in [9.17, 15) is 4.79 Å². The van der Waals surface area contributed by atoms with Crippen LogP contribution in [0, 0.1) is 6.92 Å². The van der Waals surface area contributed by atoms with E-state index in [-0.39, 0.29) is 5.91 Å². The second kappa shape index (κ2) is 6.05. The monoisotopic (exact) mass is 298 g/mol. The number of amides is 1. The van der Waals surface area contributed by atoms with E-state index >= 15 is 0 Å². The lowest BCUT2D eigenvalue weighted by Crippen LogP contribution is -2.22. The highest BCUT2D eigenvalue weighted by Gasteiger charge is 2.10. The van der Waals surface area contributed by atoms with Crippen LogP contribution >= 0.6 is 0 Å². The molecule has 3 aromatic rings. The van der Waals surface area contributed by atoms with Crippen LogP contribution in [-0.4, -0.2) is 11.1 Å². The van der Waals surface area contributed by atoms with Crippen molar-refractivity contribution in [1.82, 2.24) is 10.5 Å². The fourth-order valence-electron chi connectivity index (χ4n) is 2.40. The highest BCUT2D eigenvalue weighted by atomic mass is 16.5. The van der Waals surface area contributed by atoms with E-state index in [1.165, 1.54) is 0 Å². The van der Waals surface area contributed by atoms with Crippen molar-refractivity contribution in [1.29, 1.82) is 0 Å². The molecule has 1 N–H and O–H groups in total. The van der Waals surface area contributed by atoms with Crippen LogP contribution in [-0.2, 0) is 13.0 Å². The van der Waals surface area contributed by atoms with Crippen LogP contribution in [0.3, 0.4) is 0 Å². The molecule has 1 aromatic carbocycles. The Labute approximate surface area is 128 Å². The molecule has 2 heterocycles. The van der Waals surface area contributed by atoms with Gasteiger partial charge in [0.15, 0.2) is 5.76 Å². The van der Waals surface area contributed by atoms with Gasteiger partial charge in [-0.2, -0.15) is 0 Å². The van der Waals surface area contributed by atoms with Crippen LogP contribution in [0.15, 0.2) is 39.3 Å². The molecule has 0 saturated heterocycles. The van der Waals surface area contributed by atoms with Crippen molar-refractivity contribution >= 4 is 16.9 Å². The molecule has 0 saturated carbocycles. The van der Waals surface area contributed by atoms with E-state index in [0.29, 0.717) is 17.9 Å². The van der Waals surface area contributed by atoms with Gasteiger partial charge in [0.2, 0.25) is 0 Å². The van der Waals surface area contributed by atoms with Crippen molar-refractivity contribution in [3.63, 3.8) is 0 Å². The first-order valence-corrected chi connectivity index (χ1v) is 7.38. The first kappa shape index (κ1) is 14.4. The zero-order valence-electron chi connectivity index (χ0n) is 12.7. The van der Waals surface area contributed by atoms with Crippen LogP contribution in [0.5, 0.6) is 0 Å². The Morgan fingerprint density at radius 2 is 2.14 bits per heavy atom. The van der Waals surface area contributed by atoms with Gasteiger partial charge in [0.05, 0.1) is 12.2 Å². The van der Waals surface area contributed by atoms with Gasteiger partial charge in [-0.15, -0.1) is 0 Å². The molecule has 0 spiro atoms. The molecule has 0 bridgehead atoms. The van der Waals surface area contributed by atoms with Gasteiger partial charge in [-0.05, 0) is 37.6 Å². The Morgan fingerprint density at radius 1 is 1.27 bits per heavy atom. The summed E-state index contributed by atoms with van der Waals surface area (Å²) in [6.45, 7) is 4.30. The van der Waals surface area contributed by atoms with Gasteiger partial charge < -0.3 is 14.3 Å². The minimum absolute atomic E-state index is 0.144. The van der Waals surface area contributed by atoms with E-state index < -0.39 is 0 Å². The maximum atomic E-state index is 12.2. The Bertz CT molecular complexity index is 801. The summed E-state index contributed by atoms with van der Waals surface area (Å²) in [5.41, 5.74) is 2.30. The third kappa shape index (κ3) is 3.03. The Balaban J connectivity index is 1.67. The van der Waals surface area contributed by atoms with Crippen molar-refractivity contribution in [3.8, 4) is 0 Å². The van der Waals surface area contributed by atoms with Gasteiger partial charge >= 0.3 is 0 Å². The fourth-order valence-corrected chi connectivity index (χ4v) is 2.40. The summed E-state index contributed by atoms with van der Waals surface area (Å²) in [4.78, 5) is 12.2. The van der Waals surface area contributed by atoms with E-state index in [2.05, 4.69) is 17.4 Å². The maximum Gasteiger partial charge on any atom is 0.251 e. The standard InChI is InChI=1S/C17H18N2O3/c1-3-4-14-9-15(22-19-14)10-18-17(20)12-5-6-16-13(8-12)7-11(2)21-16/h5-9H,3-4,10H2,1-2H3,(H,18,20). The average molecular weight is 298 g/mol. The minimum atomic E-state index is -0.144. The topological polar surface area (TPSA) is 68.3 Å². The lowest BCUT2D eigenvalue weighted by atomic mass is 10.1. The first-order chi connectivity index (χ1) is 10.7. The van der Waals surface area contributed by atoms with Gasteiger partial charge in [-0.1, -0.05) is 18.5 Å². The number of furan rings is 1. The molecule has 0 aliphatic rings. The summed E-state index contributed by atoms with van der Waals surface area (Å²) < 4.78 is 10.7. The summed E-state index contributed by atoms with van der Waals surface area (Å²) in [6, 6.07) is 9.19. The highest BCUT2D eigenvalue weighted by molar-refractivity contribution is 5.97. The number of fused-ring (bicyclic) bond motifs is 1. The summed E-state index contributed by atoms with van der Waals surface area (Å²) in [7, 11) is 0. The smallest absolute Gasteiger partial charge is 0.251 e. The maximum absolute atomic E-state index is 12.2. The van der Waals surface area contributed by atoms with Crippen LogP contribution in [0.25, 0.3) is 11.0 Å². The van der Waals surface area contributed by atoms with Gasteiger partial charge in [-0.3, -0.25) is 4.79 Å². The van der Waals surface area contributed by atoms with Gasteiger partial charge in [0.25, 0.3) is 5.91 Å². The van der Waals surface area contributed by atoms with Crippen LogP contribution in [0.1, 0.15) is 40.9 Å². The molecule has 1 amide bonds. The van der Waals surface area contributed by atoms with Crippen molar-refractivity contribution in [2.75, 3.05) is 0 Å². The van der Waals surface area contributed by atoms with Crippen LogP contribution < -0.4 is 5.32 Å². The van der Waals surface area contributed by atoms with Gasteiger partial charge in [-0.25, -0.2) is 0 Å². The van der Waals surface area contributed by atoms with Crippen LogP contribution in [0.4, 0.5) is 0 Å². The normalized spacial score (nSPS) is 11.0. The number of aryl methyl sites for hydroxylation is 2. The number of hydrogen-bond acceptors (Lipinski definition) is 4. The molecular formula is C17H18N2O3. The zero-order chi connectivity index (χ0) is 15.5. The predicted molar refractivity (Wildman–Crippen MR) is 82.6 cm³/mol. The van der Waals surface area contributed by atoms with Crippen molar-refractivity contribution < 1.29 is 13.7 Å². The highest BCUT2D eigenvalue weighted by Crippen LogP contribution is 2.20. The van der Waals surface area contributed by atoms with Crippen LogP contribution in [0.2, 0.25) is 0 Å². The van der Waals surface area contributed by atoms with E-state index in [4.69, 9.17) is 8.94 Å². The SMILES string of the molecule is CCCc1cc(CNC(=O)c2ccc3oc(C)cc3c2)on1. The number of rotatable bonds is 5. The quantitative estimate of drug-likeness (QED) is 0.781. The van der Waals surface area contributed by atoms with Gasteiger partial charge in [0, 0.05) is 17.0 Å². The molecule has 5 heteroatoms. The molecule has 0 radical (unpaired) electrons. The second-order valence-electron chi connectivity index (χ2n) is 5.33. The molecule has 114 valence electrons.